The smallest absolute Gasteiger partial charge is 0.339 e. The second-order valence-corrected chi connectivity index (χ2v) is 9.46. The number of ether oxygens (including phenoxy) is 2. The van der Waals surface area contributed by atoms with E-state index in [9.17, 15) is 9.90 Å². The Morgan fingerprint density at radius 3 is 2.44 bits per heavy atom. The average molecular weight is 467 g/mol. The second-order valence-electron chi connectivity index (χ2n) is 9.46. The first-order chi connectivity index (χ1) is 16.6. The van der Waals surface area contributed by atoms with Crippen LogP contribution in [0.15, 0.2) is 42.5 Å². The Hall–Kier alpha value is -2.73. The number of hydrogen-bond donors (Lipinski definition) is 1. The molecule has 1 saturated carbocycles. The van der Waals surface area contributed by atoms with Crippen molar-refractivity contribution < 1.29 is 19.4 Å². The van der Waals surface area contributed by atoms with Gasteiger partial charge in [-0.05, 0) is 43.4 Å². The number of carboxylic acids is 1. The quantitative estimate of drug-likeness (QED) is 0.517. The largest absolute Gasteiger partial charge is 0.495 e. The summed E-state index contributed by atoms with van der Waals surface area (Å²) in [5.41, 5.74) is 2.41. The molecule has 1 unspecified atom stereocenters. The van der Waals surface area contributed by atoms with Crippen molar-refractivity contribution >= 4 is 11.7 Å². The molecule has 2 fully saturated rings. The molecule has 1 saturated heterocycles. The van der Waals surface area contributed by atoms with Gasteiger partial charge in [-0.25, -0.2) is 4.79 Å². The number of hydrogen-bond acceptors (Lipinski definition) is 5. The fourth-order valence-corrected chi connectivity index (χ4v) is 5.54. The van der Waals surface area contributed by atoms with E-state index in [1.807, 2.05) is 24.3 Å². The molecule has 2 aromatic rings. The summed E-state index contributed by atoms with van der Waals surface area (Å²) in [6.45, 7) is 6.37. The van der Waals surface area contributed by atoms with Crippen LogP contribution in [0, 0.1) is 5.92 Å². The van der Waals surface area contributed by atoms with E-state index < -0.39 is 5.97 Å². The van der Waals surface area contributed by atoms with Crippen LogP contribution in [0.2, 0.25) is 0 Å². The van der Waals surface area contributed by atoms with Crippen LogP contribution in [0.25, 0.3) is 0 Å². The van der Waals surface area contributed by atoms with Crippen LogP contribution in [0.1, 0.15) is 67.4 Å². The molecule has 184 valence electrons. The summed E-state index contributed by atoms with van der Waals surface area (Å²) in [6.07, 6.45) is 7.04. The number of para-hydroxylation sites is 3. The van der Waals surface area contributed by atoms with Crippen LogP contribution in [0.5, 0.6) is 11.5 Å². The molecule has 1 atom stereocenters. The number of benzene rings is 2. The van der Waals surface area contributed by atoms with Gasteiger partial charge >= 0.3 is 5.97 Å². The summed E-state index contributed by atoms with van der Waals surface area (Å²) in [5.74, 6) is 1.07. The van der Waals surface area contributed by atoms with Gasteiger partial charge in [0, 0.05) is 37.8 Å². The summed E-state index contributed by atoms with van der Waals surface area (Å²) in [7, 11) is 1.71. The Morgan fingerprint density at radius 1 is 1.03 bits per heavy atom. The summed E-state index contributed by atoms with van der Waals surface area (Å²) in [4.78, 5) is 16.9. The van der Waals surface area contributed by atoms with E-state index in [1.165, 1.54) is 32.1 Å². The first-order valence-electron chi connectivity index (χ1n) is 12.7. The standard InChI is InChI=1S/C28H38N2O4/c1-3-24(29-16-18-30(19-17-29)25-14-7-8-15-26(25)33-2)22-12-9-13-23(28(31)32)27(22)34-20-21-10-5-4-6-11-21/h7-9,12-15,21,24H,3-6,10-11,16-20H2,1-2H3,(H,31,32). The van der Waals surface area contributed by atoms with Crippen molar-refractivity contribution in [3.8, 4) is 11.5 Å². The highest BCUT2D eigenvalue weighted by molar-refractivity contribution is 5.91. The lowest BCUT2D eigenvalue weighted by Crippen LogP contribution is -2.47. The number of aromatic carboxylic acids is 1. The van der Waals surface area contributed by atoms with Gasteiger partial charge < -0.3 is 19.5 Å². The molecule has 4 rings (SSSR count). The van der Waals surface area contributed by atoms with Crippen molar-refractivity contribution in [2.75, 3.05) is 44.8 Å². The molecular formula is C28H38N2O4. The van der Waals surface area contributed by atoms with Crippen molar-refractivity contribution in [2.45, 2.75) is 51.5 Å². The minimum absolute atomic E-state index is 0.125. The third-order valence-corrected chi connectivity index (χ3v) is 7.39. The number of carbonyl (C=O) groups is 1. The molecule has 0 amide bonds. The van der Waals surface area contributed by atoms with E-state index >= 15 is 0 Å². The maximum Gasteiger partial charge on any atom is 0.339 e. The molecule has 0 spiro atoms. The molecular weight excluding hydrogens is 428 g/mol. The predicted octanol–water partition coefficient (Wildman–Crippen LogP) is 5.63. The first kappa shape index (κ1) is 24.4. The summed E-state index contributed by atoms with van der Waals surface area (Å²) in [6, 6.07) is 13.9. The first-order valence-corrected chi connectivity index (χ1v) is 12.7. The van der Waals surface area contributed by atoms with Gasteiger partial charge in [0.1, 0.15) is 17.1 Å². The molecule has 1 aliphatic carbocycles. The highest BCUT2D eigenvalue weighted by atomic mass is 16.5. The van der Waals surface area contributed by atoms with Crippen LogP contribution >= 0.6 is 0 Å². The minimum atomic E-state index is -0.920. The Morgan fingerprint density at radius 2 is 1.76 bits per heavy atom. The van der Waals surface area contributed by atoms with Gasteiger partial charge in [-0.1, -0.05) is 50.5 Å². The maximum atomic E-state index is 12.1. The summed E-state index contributed by atoms with van der Waals surface area (Å²) < 4.78 is 11.9. The molecule has 6 heteroatoms. The number of carboxylic acid groups (broad SMARTS) is 1. The fourth-order valence-electron chi connectivity index (χ4n) is 5.54. The normalized spacial score (nSPS) is 18.5. The van der Waals surface area contributed by atoms with Gasteiger partial charge in [0.2, 0.25) is 0 Å². The molecule has 2 aromatic carbocycles. The maximum absolute atomic E-state index is 12.1. The zero-order chi connectivity index (χ0) is 23.9. The Balaban J connectivity index is 1.51. The van der Waals surface area contributed by atoms with Crippen LogP contribution < -0.4 is 14.4 Å². The molecule has 0 radical (unpaired) electrons. The second kappa shape index (κ2) is 11.6. The van der Waals surface area contributed by atoms with Crippen molar-refractivity contribution in [3.05, 3.63) is 53.6 Å². The molecule has 1 heterocycles. The van der Waals surface area contributed by atoms with E-state index in [4.69, 9.17) is 9.47 Å². The van der Waals surface area contributed by atoms with Gasteiger partial charge in [-0.2, -0.15) is 0 Å². The van der Waals surface area contributed by atoms with Gasteiger partial charge in [0.15, 0.2) is 0 Å². The number of methoxy groups -OCH3 is 1. The minimum Gasteiger partial charge on any atom is -0.495 e. The number of nitrogens with zero attached hydrogens (tertiary/aromatic N) is 2. The van der Waals surface area contributed by atoms with E-state index in [-0.39, 0.29) is 11.6 Å². The van der Waals surface area contributed by atoms with Crippen LogP contribution in [0.3, 0.4) is 0 Å². The van der Waals surface area contributed by atoms with Crippen molar-refractivity contribution in [1.82, 2.24) is 4.90 Å². The van der Waals surface area contributed by atoms with Crippen molar-refractivity contribution in [1.29, 1.82) is 0 Å². The van der Waals surface area contributed by atoms with E-state index in [2.05, 4.69) is 28.9 Å². The molecule has 2 aliphatic rings. The SMILES string of the molecule is CCC(c1cccc(C(=O)O)c1OCC1CCCCC1)N1CCN(c2ccccc2OC)CC1. The molecule has 1 N–H and O–H groups in total. The summed E-state index contributed by atoms with van der Waals surface area (Å²) in [5, 5.41) is 9.89. The van der Waals surface area contributed by atoms with E-state index in [1.54, 1.807) is 13.2 Å². The lowest BCUT2D eigenvalue weighted by atomic mass is 9.90. The monoisotopic (exact) mass is 466 g/mol. The zero-order valence-electron chi connectivity index (χ0n) is 20.5. The van der Waals surface area contributed by atoms with E-state index in [0.29, 0.717) is 18.3 Å². The highest BCUT2D eigenvalue weighted by Gasteiger charge is 2.29. The lowest BCUT2D eigenvalue weighted by Gasteiger charge is -2.41. The van der Waals surface area contributed by atoms with Crippen molar-refractivity contribution in [3.63, 3.8) is 0 Å². The van der Waals surface area contributed by atoms with Crippen molar-refractivity contribution in [2.24, 2.45) is 5.92 Å². The third-order valence-electron chi connectivity index (χ3n) is 7.39. The Labute approximate surface area is 203 Å². The number of anilines is 1. The Bertz CT molecular complexity index is 949. The molecule has 34 heavy (non-hydrogen) atoms. The average Bonchev–Trinajstić information content (AvgIpc) is 2.89. The number of rotatable bonds is 9. The third kappa shape index (κ3) is 5.49. The molecule has 0 aromatic heterocycles. The fraction of sp³-hybridized carbons (Fsp3) is 0.536. The van der Waals surface area contributed by atoms with Gasteiger partial charge in [0.05, 0.1) is 19.4 Å². The van der Waals surface area contributed by atoms with Crippen LogP contribution in [-0.2, 0) is 0 Å². The molecule has 1 aliphatic heterocycles. The summed E-state index contributed by atoms with van der Waals surface area (Å²) >= 11 is 0. The predicted molar refractivity (Wildman–Crippen MR) is 135 cm³/mol. The Kier molecular flexibility index (Phi) is 8.33. The van der Waals surface area contributed by atoms with Crippen LogP contribution in [0.4, 0.5) is 5.69 Å². The topological polar surface area (TPSA) is 62.2 Å². The zero-order valence-corrected chi connectivity index (χ0v) is 20.5. The highest BCUT2D eigenvalue weighted by Crippen LogP contribution is 2.37. The molecule has 0 bridgehead atoms. The van der Waals surface area contributed by atoms with E-state index in [0.717, 1.165) is 49.6 Å². The van der Waals surface area contributed by atoms with Gasteiger partial charge in [0.25, 0.3) is 0 Å². The van der Waals surface area contributed by atoms with Gasteiger partial charge in [-0.15, -0.1) is 0 Å². The molecule has 6 nitrogen and oxygen atoms in total. The lowest BCUT2D eigenvalue weighted by molar-refractivity contribution is 0.0689. The van der Waals surface area contributed by atoms with Gasteiger partial charge in [-0.3, -0.25) is 4.90 Å². The van der Waals surface area contributed by atoms with Crippen LogP contribution in [-0.4, -0.2) is 55.9 Å². The number of piperazine rings is 1.